The number of hydrogen-bond acceptors (Lipinski definition) is 9. The molecule has 1 aromatic carbocycles. The molecule has 0 saturated carbocycles. The number of rotatable bonds is 9. The summed E-state index contributed by atoms with van der Waals surface area (Å²) < 4.78 is 1.44. The molecule has 0 radical (unpaired) electrons. The van der Waals surface area contributed by atoms with Gasteiger partial charge in [-0.3, -0.25) is 9.59 Å². The molecule has 1 aromatic rings. The molecule has 2 amide bonds. The van der Waals surface area contributed by atoms with Crippen LogP contribution in [0.5, 0.6) is 0 Å². The summed E-state index contributed by atoms with van der Waals surface area (Å²) in [4.78, 5) is 33.9. The first-order valence-electron chi connectivity index (χ1n) is 9.17. The Labute approximate surface area is 259 Å². The van der Waals surface area contributed by atoms with E-state index in [1.807, 2.05) is 67.8 Å². The Bertz CT molecular complexity index is 821. The van der Waals surface area contributed by atoms with Crippen LogP contribution >= 0.6 is 67.8 Å². The van der Waals surface area contributed by atoms with Gasteiger partial charge in [0.1, 0.15) is 18.3 Å². The molecule has 0 heterocycles. The standard InChI is InChI=1S/C11H9I3N2O4.C7H17NO5.Na.H/c1-3(17)15-9-6(12)5(11(19)20)7(13)10(8(9)14)16-4(2)18;1-8-2-4(10)6(12)7(13)5(11)3-9;;/h1-2H3,(H,15,17)(H,16,18)(H,19,20);4-13H,2-3H2,1H3;;/t;4-,5+,6+,7+;;/m.0../s1. The van der Waals surface area contributed by atoms with E-state index in [4.69, 9.17) is 20.4 Å². The van der Waals surface area contributed by atoms with Gasteiger partial charge in [0.2, 0.25) is 11.8 Å². The molecule has 0 aliphatic heterocycles. The van der Waals surface area contributed by atoms with Crippen LogP contribution in [0.4, 0.5) is 11.4 Å². The first-order valence-corrected chi connectivity index (χ1v) is 12.4. The maximum atomic E-state index is 11.4. The van der Waals surface area contributed by atoms with Gasteiger partial charge < -0.3 is 46.6 Å². The van der Waals surface area contributed by atoms with Crippen LogP contribution in [0, 0.1) is 10.7 Å². The van der Waals surface area contributed by atoms with Crippen LogP contribution in [0.25, 0.3) is 0 Å². The molecule has 0 bridgehead atoms. The third kappa shape index (κ3) is 11.3. The minimum atomic E-state index is -1.55. The van der Waals surface area contributed by atoms with Gasteiger partial charge in [0.25, 0.3) is 0 Å². The normalized spacial score (nSPS) is 13.9. The topological polar surface area (TPSA) is 209 Å². The average Bonchev–Trinajstić information content (AvgIpc) is 2.72. The van der Waals surface area contributed by atoms with Crippen molar-refractivity contribution in [2.75, 3.05) is 30.8 Å². The first-order chi connectivity index (χ1) is 15.2. The van der Waals surface area contributed by atoms with E-state index >= 15 is 0 Å². The monoisotopic (exact) mass is 833 g/mol. The van der Waals surface area contributed by atoms with Crippen molar-refractivity contribution in [2.45, 2.75) is 38.3 Å². The Morgan fingerprint density at radius 2 is 1.21 bits per heavy atom. The molecule has 4 atom stereocenters. The van der Waals surface area contributed by atoms with E-state index in [9.17, 15) is 24.6 Å². The van der Waals surface area contributed by atoms with Crippen molar-refractivity contribution in [3.63, 3.8) is 0 Å². The molecule has 12 nitrogen and oxygen atoms in total. The molecule has 1 rings (SSSR count). The Kier molecular flexibility index (Phi) is 19.4. The van der Waals surface area contributed by atoms with E-state index < -0.39 is 37.0 Å². The number of carboxylic acid groups (broad SMARTS) is 1. The van der Waals surface area contributed by atoms with Crippen LogP contribution in [-0.4, -0.2) is 123 Å². The second-order valence-electron chi connectivity index (χ2n) is 6.59. The number of benzene rings is 1. The number of carboxylic acids is 1. The molecule has 16 heteroatoms. The fraction of sp³-hybridized carbons (Fsp3) is 0.500. The summed E-state index contributed by atoms with van der Waals surface area (Å²) in [6, 6.07) is 0. The Morgan fingerprint density at radius 3 is 1.50 bits per heavy atom. The molecule has 9 N–H and O–H groups in total. The van der Waals surface area contributed by atoms with E-state index in [-0.39, 0.29) is 53.5 Å². The van der Waals surface area contributed by atoms with E-state index in [1.165, 1.54) is 13.8 Å². The summed E-state index contributed by atoms with van der Waals surface area (Å²) in [5.41, 5.74) is 0.833. The van der Waals surface area contributed by atoms with Gasteiger partial charge in [-0.1, -0.05) is 0 Å². The molecule has 190 valence electrons. The van der Waals surface area contributed by atoms with E-state index in [0.717, 1.165) is 0 Å². The molecule has 0 aliphatic carbocycles. The van der Waals surface area contributed by atoms with Gasteiger partial charge in [-0.25, -0.2) is 4.79 Å². The van der Waals surface area contributed by atoms with Gasteiger partial charge in [0.05, 0.1) is 40.4 Å². The number of aromatic carboxylic acids is 1. The summed E-state index contributed by atoms with van der Waals surface area (Å²) in [7, 11) is 1.57. The van der Waals surface area contributed by atoms with Gasteiger partial charge in [-0.05, 0) is 74.8 Å². The van der Waals surface area contributed by atoms with Crippen molar-refractivity contribution in [3.8, 4) is 0 Å². The van der Waals surface area contributed by atoms with E-state index in [0.29, 0.717) is 22.1 Å². The fourth-order valence-corrected chi connectivity index (χ4v) is 6.48. The number of likely N-dealkylation sites (N-methyl/N-ethyl adjacent to an activating group) is 1. The first kappa shape index (κ1) is 36.7. The number of hydrogen-bond donors (Lipinski definition) is 9. The Hall–Kier alpha value is 0.580. The summed E-state index contributed by atoms with van der Waals surface area (Å²) in [5, 5.41) is 62.0. The molecular weight excluding hydrogens is 806 g/mol. The number of halogens is 3. The number of aliphatic hydroxyl groups excluding tert-OH is 5. The van der Waals surface area contributed by atoms with Crippen LogP contribution in [0.3, 0.4) is 0 Å². The molecule has 0 fully saturated rings. The van der Waals surface area contributed by atoms with Crippen molar-refractivity contribution in [2.24, 2.45) is 0 Å². The molecule has 0 aromatic heterocycles. The van der Waals surface area contributed by atoms with Crippen molar-refractivity contribution in [3.05, 3.63) is 16.3 Å². The number of amides is 2. The third-order valence-corrected chi connectivity index (χ3v) is 7.11. The molecule has 34 heavy (non-hydrogen) atoms. The average molecular weight is 833 g/mol. The SMILES string of the molecule is CC(=O)Nc1c(I)c(NC(C)=O)c(I)c(C(=O)O)c1I.CNC[C@H](O)[C@@H](O)[C@H](O)[C@H](O)CO.[NaH]. The number of nitrogens with one attached hydrogen (secondary N) is 3. The second-order valence-corrected chi connectivity index (χ2v) is 9.83. The zero-order valence-corrected chi connectivity index (χ0v) is 24.2. The van der Waals surface area contributed by atoms with Gasteiger partial charge in [0.15, 0.2) is 0 Å². The van der Waals surface area contributed by atoms with Gasteiger partial charge >= 0.3 is 35.5 Å². The summed E-state index contributed by atoms with van der Waals surface area (Å²) in [5.74, 6) is -1.74. The van der Waals surface area contributed by atoms with E-state index in [1.54, 1.807) is 7.05 Å². The quantitative estimate of drug-likeness (QED) is 0.111. The van der Waals surface area contributed by atoms with Crippen molar-refractivity contribution >= 4 is 126 Å². The Morgan fingerprint density at radius 1 is 0.824 bits per heavy atom. The van der Waals surface area contributed by atoms with Crippen LogP contribution in [0.2, 0.25) is 0 Å². The van der Waals surface area contributed by atoms with Crippen LogP contribution in [0.15, 0.2) is 0 Å². The minimum absolute atomic E-state index is 0. The van der Waals surface area contributed by atoms with Crippen LogP contribution < -0.4 is 16.0 Å². The number of aliphatic hydroxyl groups is 5. The fourth-order valence-electron chi connectivity index (χ4n) is 2.32. The summed E-state index contributed by atoms with van der Waals surface area (Å²) >= 11 is 5.71. The second kappa shape index (κ2) is 17.9. The van der Waals surface area contributed by atoms with Gasteiger partial charge in [-0.2, -0.15) is 0 Å². The van der Waals surface area contributed by atoms with Gasteiger partial charge in [-0.15, -0.1) is 0 Å². The van der Waals surface area contributed by atoms with E-state index in [2.05, 4.69) is 16.0 Å². The van der Waals surface area contributed by atoms with Crippen molar-refractivity contribution in [1.29, 1.82) is 0 Å². The Balaban J connectivity index is 0. The summed E-state index contributed by atoms with van der Waals surface area (Å²) in [6.45, 7) is 2.10. The predicted molar refractivity (Wildman–Crippen MR) is 152 cm³/mol. The predicted octanol–water partition coefficient (Wildman–Crippen LogP) is -0.891. The zero-order valence-electron chi connectivity index (χ0n) is 17.8. The van der Waals surface area contributed by atoms with Crippen molar-refractivity contribution in [1.82, 2.24) is 5.32 Å². The summed E-state index contributed by atoms with van der Waals surface area (Å²) in [6.07, 6.45) is -5.65. The van der Waals surface area contributed by atoms with Crippen LogP contribution in [0.1, 0.15) is 24.2 Å². The molecule has 0 spiro atoms. The van der Waals surface area contributed by atoms with Gasteiger partial charge in [0, 0.05) is 20.4 Å². The van der Waals surface area contributed by atoms with Crippen LogP contribution in [-0.2, 0) is 9.59 Å². The number of carbonyl (C=O) groups is 3. The molecule has 0 aliphatic rings. The molecular formula is C18H27I3N3NaO9. The van der Waals surface area contributed by atoms with Crippen molar-refractivity contribution < 1.29 is 45.0 Å². The zero-order chi connectivity index (χ0) is 26.0. The third-order valence-electron chi connectivity index (χ3n) is 3.87. The number of anilines is 2. The molecule has 0 unspecified atom stereocenters. The number of carbonyl (C=O) groups excluding carboxylic acids is 2. The molecule has 0 saturated heterocycles. The maximum absolute atomic E-state index is 11.4.